The fourth-order valence-electron chi connectivity index (χ4n) is 3.38. The first kappa shape index (κ1) is 16.0. The number of nitrogens with one attached hydrogen (secondary N) is 1. The topological polar surface area (TPSA) is 55.1 Å². The lowest BCUT2D eigenvalue weighted by molar-refractivity contribution is 0.1000. The van der Waals surface area contributed by atoms with Crippen molar-refractivity contribution in [2.45, 2.75) is 64.5 Å². The van der Waals surface area contributed by atoms with Crippen molar-refractivity contribution in [3.05, 3.63) is 35.4 Å². The number of nitrogens with two attached hydrogens (primary N) is 1. The van der Waals surface area contributed by atoms with Crippen LogP contribution in [0.1, 0.15) is 67.8 Å². The molecule has 0 bridgehead atoms. The second-order valence-corrected chi connectivity index (χ2v) is 6.31. The maximum absolute atomic E-state index is 11.2. The van der Waals surface area contributed by atoms with Gasteiger partial charge < -0.3 is 11.1 Å². The molecule has 0 spiro atoms. The minimum atomic E-state index is -0.353. The Hall–Kier alpha value is -1.35. The molecule has 0 aliphatic heterocycles. The van der Waals surface area contributed by atoms with Crippen molar-refractivity contribution >= 4 is 5.91 Å². The number of hydrogen-bond donors (Lipinski definition) is 2. The predicted octanol–water partition coefficient (Wildman–Crippen LogP) is 3.62. The van der Waals surface area contributed by atoms with Gasteiger partial charge in [0.15, 0.2) is 0 Å². The van der Waals surface area contributed by atoms with Crippen molar-refractivity contribution in [1.29, 1.82) is 0 Å². The molecule has 1 aliphatic rings. The number of benzene rings is 1. The number of hydrogen-bond acceptors (Lipinski definition) is 2. The van der Waals surface area contributed by atoms with E-state index in [0.717, 1.165) is 18.0 Å². The van der Waals surface area contributed by atoms with E-state index in [1.54, 1.807) is 6.07 Å². The van der Waals surface area contributed by atoms with Gasteiger partial charge in [-0.3, -0.25) is 4.79 Å². The zero-order valence-corrected chi connectivity index (χ0v) is 13.1. The Kier molecular flexibility index (Phi) is 6.24. The maximum Gasteiger partial charge on any atom is 0.248 e. The minimum absolute atomic E-state index is 0.353. The molecule has 3 heteroatoms. The van der Waals surface area contributed by atoms with Gasteiger partial charge in [0, 0.05) is 18.2 Å². The molecule has 116 valence electrons. The average molecular weight is 288 g/mol. The minimum Gasteiger partial charge on any atom is -0.366 e. The molecule has 1 amide bonds. The standard InChI is InChI=1S/C18H28N2O/c1-2-5-14-6-4-9-17(11-10-14)20-13-15-7-3-8-16(12-15)18(19)21/h3,7-8,12,14,17,20H,2,4-6,9-11,13H2,1H3,(H2,19,21). The van der Waals surface area contributed by atoms with Gasteiger partial charge >= 0.3 is 0 Å². The van der Waals surface area contributed by atoms with E-state index >= 15 is 0 Å². The normalized spacial score (nSPS) is 22.7. The molecule has 0 radical (unpaired) electrons. The van der Waals surface area contributed by atoms with Crippen molar-refractivity contribution in [1.82, 2.24) is 5.32 Å². The Morgan fingerprint density at radius 2 is 2.14 bits per heavy atom. The Balaban J connectivity index is 1.82. The summed E-state index contributed by atoms with van der Waals surface area (Å²) in [5.74, 6) is 0.578. The number of carbonyl (C=O) groups excluding carboxylic acids is 1. The largest absolute Gasteiger partial charge is 0.366 e. The van der Waals surface area contributed by atoms with Crippen LogP contribution >= 0.6 is 0 Å². The highest BCUT2D eigenvalue weighted by Crippen LogP contribution is 2.26. The van der Waals surface area contributed by atoms with Crippen molar-refractivity contribution < 1.29 is 4.79 Å². The summed E-state index contributed by atoms with van der Waals surface area (Å²) in [6, 6.07) is 8.24. The van der Waals surface area contributed by atoms with Gasteiger partial charge in [0.05, 0.1) is 0 Å². The lowest BCUT2D eigenvalue weighted by Gasteiger charge is -2.17. The van der Waals surface area contributed by atoms with E-state index in [1.807, 2.05) is 12.1 Å². The van der Waals surface area contributed by atoms with Crippen LogP contribution in [0, 0.1) is 5.92 Å². The molecule has 3 nitrogen and oxygen atoms in total. The molecule has 2 atom stereocenters. The van der Waals surface area contributed by atoms with Gasteiger partial charge in [-0.1, -0.05) is 44.7 Å². The summed E-state index contributed by atoms with van der Waals surface area (Å²) >= 11 is 0. The monoisotopic (exact) mass is 288 g/mol. The van der Waals surface area contributed by atoms with E-state index in [1.165, 1.54) is 44.9 Å². The van der Waals surface area contributed by atoms with Gasteiger partial charge in [0.25, 0.3) is 0 Å². The summed E-state index contributed by atoms with van der Waals surface area (Å²) in [5.41, 5.74) is 7.06. The Morgan fingerprint density at radius 3 is 2.90 bits per heavy atom. The smallest absolute Gasteiger partial charge is 0.248 e. The van der Waals surface area contributed by atoms with E-state index in [0.29, 0.717) is 11.6 Å². The van der Waals surface area contributed by atoms with Crippen molar-refractivity contribution in [2.24, 2.45) is 11.7 Å². The van der Waals surface area contributed by atoms with E-state index in [9.17, 15) is 4.79 Å². The summed E-state index contributed by atoms with van der Waals surface area (Å²) in [4.78, 5) is 11.2. The van der Waals surface area contributed by atoms with E-state index in [4.69, 9.17) is 5.73 Å². The van der Waals surface area contributed by atoms with Crippen LogP contribution in [-0.4, -0.2) is 11.9 Å². The Bertz CT molecular complexity index is 458. The van der Waals surface area contributed by atoms with Gasteiger partial charge in [-0.15, -0.1) is 0 Å². The highest BCUT2D eigenvalue weighted by atomic mass is 16.1. The van der Waals surface area contributed by atoms with Gasteiger partial charge in [0.1, 0.15) is 0 Å². The molecule has 1 aromatic rings. The van der Waals surface area contributed by atoms with Crippen molar-refractivity contribution in [2.75, 3.05) is 0 Å². The van der Waals surface area contributed by atoms with E-state index in [2.05, 4.69) is 18.3 Å². The zero-order chi connectivity index (χ0) is 15.1. The summed E-state index contributed by atoms with van der Waals surface area (Å²) < 4.78 is 0. The highest BCUT2D eigenvalue weighted by Gasteiger charge is 2.17. The first-order chi connectivity index (χ1) is 10.2. The van der Waals surface area contributed by atoms with Crippen LogP contribution in [0.5, 0.6) is 0 Å². The summed E-state index contributed by atoms with van der Waals surface area (Å²) in [5, 5.41) is 3.65. The van der Waals surface area contributed by atoms with Crippen LogP contribution in [0.3, 0.4) is 0 Å². The lowest BCUT2D eigenvalue weighted by Crippen LogP contribution is -2.28. The van der Waals surface area contributed by atoms with Gasteiger partial charge in [-0.05, 0) is 42.9 Å². The van der Waals surface area contributed by atoms with Crippen LogP contribution < -0.4 is 11.1 Å². The quantitative estimate of drug-likeness (QED) is 0.785. The van der Waals surface area contributed by atoms with Crippen LogP contribution in [0.2, 0.25) is 0 Å². The van der Waals surface area contributed by atoms with Gasteiger partial charge in [-0.25, -0.2) is 0 Å². The predicted molar refractivity (Wildman–Crippen MR) is 87.1 cm³/mol. The van der Waals surface area contributed by atoms with Gasteiger partial charge in [0.2, 0.25) is 5.91 Å². The number of carbonyl (C=O) groups is 1. The van der Waals surface area contributed by atoms with Crippen molar-refractivity contribution in [3.8, 4) is 0 Å². The van der Waals surface area contributed by atoms with Crippen LogP contribution in [0.15, 0.2) is 24.3 Å². The third-order valence-corrected chi connectivity index (χ3v) is 4.59. The van der Waals surface area contributed by atoms with Crippen LogP contribution in [-0.2, 0) is 6.54 Å². The molecule has 1 fully saturated rings. The summed E-state index contributed by atoms with van der Waals surface area (Å²) in [7, 11) is 0. The SMILES string of the molecule is CCCC1CCCC(NCc2cccc(C(N)=O)c2)CC1. The molecule has 21 heavy (non-hydrogen) atoms. The third kappa shape index (κ3) is 5.16. The molecule has 2 rings (SSSR count). The Morgan fingerprint density at radius 1 is 1.29 bits per heavy atom. The molecule has 1 aromatic carbocycles. The molecule has 1 saturated carbocycles. The molecule has 1 aliphatic carbocycles. The lowest BCUT2D eigenvalue weighted by atomic mass is 9.95. The molecule has 0 heterocycles. The van der Waals surface area contributed by atoms with E-state index in [-0.39, 0.29) is 5.91 Å². The molecule has 0 saturated heterocycles. The fourth-order valence-corrected chi connectivity index (χ4v) is 3.38. The number of primary amides is 1. The Labute approximate surface area is 128 Å². The first-order valence-electron chi connectivity index (χ1n) is 8.31. The second kappa shape index (κ2) is 8.18. The molecule has 2 unspecified atom stereocenters. The highest BCUT2D eigenvalue weighted by molar-refractivity contribution is 5.92. The zero-order valence-electron chi connectivity index (χ0n) is 13.1. The molecule has 3 N–H and O–H groups in total. The third-order valence-electron chi connectivity index (χ3n) is 4.59. The van der Waals surface area contributed by atoms with Crippen molar-refractivity contribution in [3.63, 3.8) is 0 Å². The summed E-state index contributed by atoms with van der Waals surface area (Å²) in [6.45, 7) is 3.11. The molecular weight excluding hydrogens is 260 g/mol. The average Bonchev–Trinajstić information content (AvgIpc) is 2.71. The van der Waals surface area contributed by atoms with Gasteiger partial charge in [-0.2, -0.15) is 0 Å². The number of amides is 1. The molecular formula is C18H28N2O. The summed E-state index contributed by atoms with van der Waals surface area (Å²) in [6.07, 6.45) is 9.33. The maximum atomic E-state index is 11.2. The number of rotatable bonds is 6. The van der Waals surface area contributed by atoms with Crippen LogP contribution in [0.25, 0.3) is 0 Å². The van der Waals surface area contributed by atoms with Crippen LogP contribution in [0.4, 0.5) is 0 Å². The molecule has 0 aromatic heterocycles. The first-order valence-corrected chi connectivity index (χ1v) is 8.31. The second-order valence-electron chi connectivity index (χ2n) is 6.31. The fraction of sp³-hybridized carbons (Fsp3) is 0.611. The van der Waals surface area contributed by atoms with E-state index < -0.39 is 0 Å².